The summed E-state index contributed by atoms with van der Waals surface area (Å²) in [5.41, 5.74) is 0.735. The molecule has 0 saturated heterocycles. The quantitative estimate of drug-likeness (QED) is 0.793. The van der Waals surface area contributed by atoms with Gasteiger partial charge >= 0.3 is 6.36 Å². The van der Waals surface area contributed by atoms with E-state index < -0.39 is 6.36 Å². The third kappa shape index (κ3) is 3.64. The zero-order valence-electron chi connectivity index (χ0n) is 9.26. The number of benzene rings is 1. The van der Waals surface area contributed by atoms with Crippen molar-refractivity contribution in [1.29, 1.82) is 0 Å². The molecule has 0 fully saturated rings. The van der Waals surface area contributed by atoms with Crippen LogP contribution in [-0.4, -0.2) is 13.5 Å². The fraction of sp³-hybridized carbons (Fsp3) is 0.455. The van der Waals surface area contributed by atoms with Gasteiger partial charge in [0.05, 0.1) is 7.11 Å². The SMILES string of the molecule is COc1cc(OC(F)(F)F)cc(C(C)C)c1. The number of alkyl halides is 3. The van der Waals surface area contributed by atoms with Gasteiger partial charge in [-0.25, -0.2) is 0 Å². The first-order valence-corrected chi connectivity index (χ1v) is 4.76. The monoisotopic (exact) mass is 234 g/mol. The maximum atomic E-state index is 12.0. The molecule has 0 aliphatic rings. The highest BCUT2D eigenvalue weighted by Crippen LogP contribution is 2.30. The standard InChI is InChI=1S/C11H13F3O2/c1-7(2)8-4-9(15-3)6-10(5-8)16-11(12,13)14/h4-7H,1-3H3. The lowest BCUT2D eigenvalue weighted by atomic mass is 10.0. The van der Waals surface area contributed by atoms with Crippen molar-refractivity contribution >= 4 is 0 Å². The topological polar surface area (TPSA) is 18.5 Å². The van der Waals surface area contributed by atoms with E-state index in [0.29, 0.717) is 5.75 Å². The van der Waals surface area contributed by atoms with Gasteiger partial charge in [-0.05, 0) is 23.6 Å². The fourth-order valence-electron chi connectivity index (χ4n) is 1.24. The van der Waals surface area contributed by atoms with E-state index in [-0.39, 0.29) is 11.7 Å². The van der Waals surface area contributed by atoms with Crippen LogP contribution in [0.3, 0.4) is 0 Å². The highest BCUT2D eigenvalue weighted by atomic mass is 19.4. The number of rotatable bonds is 3. The van der Waals surface area contributed by atoms with Gasteiger partial charge in [0.15, 0.2) is 0 Å². The highest BCUT2D eigenvalue weighted by Gasteiger charge is 2.31. The van der Waals surface area contributed by atoms with Crippen LogP contribution in [0.4, 0.5) is 13.2 Å². The van der Waals surface area contributed by atoms with Gasteiger partial charge < -0.3 is 9.47 Å². The summed E-state index contributed by atoms with van der Waals surface area (Å²) in [5, 5.41) is 0. The second-order valence-corrected chi connectivity index (χ2v) is 3.64. The third-order valence-electron chi connectivity index (χ3n) is 2.04. The lowest BCUT2D eigenvalue weighted by Crippen LogP contribution is -2.17. The van der Waals surface area contributed by atoms with E-state index in [1.165, 1.54) is 19.2 Å². The summed E-state index contributed by atoms with van der Waals surface area (Å²) >= 11 is 0. The molecule has 0 aliphatic carbocycles. The van der Waals surface area contributed by atoms with E-state index in [4.69, 9.17) is 4.74 Å². The zero-order valence-corrected chi connectivity index (χ0v) is 9.26. The van der Waals surface area contributed by atoms with Crippen molar-refractivity contribution in [2.45, 2.75) is 26.1 Å². The van der Waals surface area contributed by atoms with Gasteiger partial charge in [-0.3, -0.25) is 0 Å². The van der Waals surface area contributed by atoms with Crippen LogP contribution in [0.25, 0.3) is 0 Å². The predicted octanol–water partition coefficient (Wildman–Crippen LogP) is 3.72. The molecule has 0 saturated carbocycles. The van der Waals surface area contributed by atoms with E-state index in [0.717, 1.165) is 5.56 Å². The van der Waals surface area contributed by atoms with Gasteiger partial charge in [-0.1, -0.05) is 13.8 Å². The Hall–Kier alpha value is -1.39. The molecule has 0 radical (unpaired) electrons. The molecule has 90 valence electrons. The molecule has 0 aliphatic heterocycles. The molecular weight excluding hydrogens is 221 g/mol. The van der Waals surface area contributed by atoms with E-state index >= 15 is 0 Å². The van der Waals surface area contributed by atoms with E-state index in [1.807, 2.05) is 13.8 Å². The van der Waals surface area contributed by atoms with E-state index in [1.54, 1.807) is 6.07 Å². The van der Waals surface area contributed by atoms with Crippen molar-refractivity contribution in [3.63, 3.8) is 0 Å². The van der Waals surface area contributed by atoms with Crippen LogP contribution in [0.15, 0.2) is 18.2 Å². The molecule has 0 aromatic heterocycles. The first-order chi connectivity index (χ1) is 7.31. The zero-order chi connectivity index (χ0) is 12.3. The van der Waals surface area contributed by atoms with Crippen LogP contribution in [0.5, 0.6) is 11.5 Å². The van der Waals surface area contributed by atoms with Crippen molar-refractivity contribution in [2.24, 2.45) is 0 Å². The fourth-order valence-corrected chi connectivity index (χ4v) is 1.24. The average Bonchev–Trinajstić information content (AvgIpc) is 2.14. The van der Waals surface area contributed by atoms with Crippen LogP contribution < -0.4 is 9.47 Å². The Morgan fingerprint density at radius 3 is 2.06 bits per heavy atom. The molecule has 5 heteroatoms. The molecule has 0 atom stereocenters. The van der Waals surface area contributed by atoms with Crippen LogP contribution in [-0.2, 0) is 0 Å². The normalized spacial score (nSPS) is 11.7. The molecule has 0 N–H and O–H groups in total. The van der Waals surface area contributed by atoms with Gasteiger partial charge in [0.1, 0.15) is 11.5 Å². The van der Waals surface area contributed by atoms with E-state index in [2.05, 4.69) is 4.74 Å². The Kier molecular flexibility index (Phi) is 3.67. The Morgan fingerprint density at radius 2 is 1.62 bits per heavy atom. The number of ether oxygens (including phenoxy) is 2. The molecule has 1 aromatic carbocycles. The molecular formula is C11H13F3O2. The van der Waals surface area contributed by atoms with Crippen molar-refractivity contribution < 1.29 is 22.6 Å². The minimum Gasteiger partial charge on any atom is -0.497 e. The molecule has 0 spiro atoms. The first-order valence-electron chi connectivity index (χ1n) is 4.76. The van der Waals surface area contributed by atoms with Gasteiger partial charge in [0.25, 0.3) is 0 Å². The number of halogens is 3. The second kappa shape index (κ2) is 4.63. The summed E-state index contributed by atoms with van der Waals surface area (Å²) in [6.45, 7) is 3.76. The van der Waals surface area contributed by atoms with Gasteiger partial charge in [0.2, 0.25) is 0 Å². The largest absolute Gasteiger partial charge is 0.573 e. The number of hydrogen-bond donors (Lipinski definition) is 0. The van der Waals surface area contributed by atoms with Crippen molar-refractivity contribution in [3.8, 4) is 11.5 Å². The van der Waals surface area contributed by atoms with Gasteiger partial charge in [0, 0.05) is 6.07 Å². The van der Waals surface area contributed by atoms with Gasteiger partial charge in [-0.2, -0.15) is 0 Å². The molecule has 0 heterocycles. The molecule has 2 nitrogen and oxygen atoms in total. The van der Waals surface area contributed by atoms with Crippen molar-refractivity contribution in [1.82, 2.24) is 0 Å². The van der Waals surface area contributed by atoms with Crippen LogP contribution in [0, 0.1) is 0 Å². The number of hydrogen-bond acceptors (Lipinski definition) is 2. The maximum absolute atomic E-state index is 12.0. The van der Waals surface area contributed by atoms with Gasteiger partial charge in [-0.15, -0.1) is 13.2 Å². The minimum atomic E-state index is -4.68. The maximum Gasteiger partial charge on any atom is 0.573 e. The highest BCUT2D eigenvalue weighted by molar-refractivity contribution is 5.39. The van der Waals surface area contributed by atoms with Crippen molar-refractivity contribution in [2.75, 3.05) is 7.11 Å². The molecule has 0 amide bonds. The average molecular weight is 234 g/mol. The Labute approximate surface area is 92.0 Å². The summed E-state index contributed by atoms with van der Waals surface area (Å²) in [5.74, 6) is 0.201. The van der Waals surface area contributed by atoms with E-state index in [9.17, 15) is 13.2 Å². The smallest absolute Gasteiger partial charge is 0.497 e. The molecule has 0 unspecified atom stereocenters. The Balaban J connectivity index is 3.04. The van der Waals surface area contributed by atoms with Crippen LogP contribution in [0.1, 0.15) is 25.3 Å². The molecule has 1 aromatic rings. The second-order valence-electron chi connectivity index (χ2n) is 3.64. The first kappa shape index (κ1) is 12.7. The summed E-state index contributed by atoms with van der Waals surface area (Å²) in [6, 6.07) is 4.26. The summed E-state index contributed by atoms with van der Waals surface area (Å²) in [7, 11) is 1.40. The molecule has 1 rings (SSSR count). The lowest BCUT2D eigenvalue weighted by Gasteiger charge is -2.13. The molecule has 0 bridgehead atoms. The summed E-state index contributed by atoms with van der Waals surface area (Å²) < 4.78 is 44.9. The third-order valence-corrected chi connectivity index (χ3v) is 2.04. The summed E-state index contributed by atoms with van der Waals surface area (Å²) in [4.78, 5) is 0. The van der Waals surface area contributed by atoms with Crippen LogP contribution >= 0.6 is 0 Å². The van der Waals surface area contributed by atoms with Crippen LogP contribution in [0.2, 0.25) is 0 Å². The Bertz CT molecular complexity index is 359. The Morgan fingerprint density at radius 1 is 1.06 bits per heavy atom. The predicted molar refractivity (Wildman–Crippen MR) is 53.8 cm³/mol. The van der Waals surface area contributed by atoms with Crippen molar-refractivity contribution in [3.05, 3.63) is 23.8 Å². The summed E-state index contributed by atoms with van der Waals surface area (Å²) in [6.07, 6.45) is -4.68. The lowest BCUT2D eigenvalue weighted by molar-refractivity contribution is -0.274. The molecule has 16 heavy (non-hydrogen) atoms. The number of methoxy groups -OCH3 is 1. The minimum absolute atomic E-state index is 0.102.